The van der Waals surface area contributed by atoms with Gasteiger partial charge in [-0.25, -0.2) is 0 Å². The molecule has 0 aromatic rings. The zero-order valence-corrected chi connectivity index (χ0v) is 12.1. The fraction of sp³-hybridized carbons (Fsp3) is 0.857. The van der Waals surface area contributed by atoms with Gasteiger partial charge < -0.3 is 16.4 Å². The predicted octanol–water partition coefficient (Wildman–Crippen LogP) is 0.864. The highest BCUT2D eigenvalue weighted by molar-refractivity contribution is 5.83. The van der Waals surface area contributed by atoms with Gasteiger partial charge in [-0.3, -0.25) is 9.59 Å². The molecule has 0 saturated heterocycles. The van der Waals surface area contributed by atoms with Gasteiger partial charge in [0.1, 0.15) is 0 Å². The van der Waals surface area contributed by atoms with Crippen molar-refractivity contribution in [3.05, 3.63) is 0 Å². The summed E-state index contributed by atoms with van der Waals surface area (Å²) in [6.07, 6.45) is 4.62. The Bertz CT molecular complexity index is 318. The number of nitrogens with two attached hydrogens (primary N) is 2. The minimum absolute atomic E-state index is 0.0236. The molecule has 1 aliphatic rings. The Morgan fingerprint density at radius 2 is 2.00 bits per heavy atom. The number of primary amides is 1. The van der Waals surface area contributed by atoms with E-state index in [1.54, 1.807) is 4.90 Å². The molecule has 1 saturated carbocycles. The van der Waals surface area contributed by atoms with Crippen LogP contribution in [-0.4, -0.2) is 35.8 Å². The molecule has 2 atom stereocenters. The van der Waals surface area contributed by atoms with Crippen molar-refractivity contribution in [1.82, 2.24) is 4.90 Å². The summed E-state index contributed by atoms with van der Waals surface area (Å²) in [5.74, 6) is 0.275. The van der Waals surface area contributed by atoms with Gasteiger partial charge in [-0.15, -0.1) is 0 Å². The number of hydrogen-bond donors (Lipinski definition) is 2. The highest BCUT2D eigenvalue weighted by atomic mass is 16.2. The Morgan fingerprint density at radius 1 is 1.32 bits per heavy atom. The Kier molecular flexibility index (Phi) is 6.28. The van der Waals surface area contributed by atoms with Crippen LogP contribution >= 0.6 is 0 Å². The van der Waals surface area contributed by atoms with Crippen LogP contribution in [0, 0.1) is 11.8 Å². The highest BCUT2D eigenvalue weighted by Crippen LogP contribution is 2.26. The molecule has 0 radical (unpaired) electrons. The molecule has 1 fully saturated rings. The number of amides is 2. The van der Waals surface area contributed by atoms with Crippen molar-refractivity contribution in [2.45, 2.75) is 52.0 Å². The fourth-order valence-corrected chi connectivity index (χ4v) is 2.78. The van der Waals surface area contributed by atoms with Crippen molar-refractivity contribution < 1.29 is 9.59 Å². The maximum absolute atomic E-state index is 12.3. The van der Waals surface area contributed by atoms with Crippen LogP contribution in [0.3, 0.4) is 0 Å². The molecule has 1 aliphatic carbocycles. The maximum Gasteiger partial charge on any atom is 0.237 e. The zero-order valence-electron chi connectivity index (χ0n) is 12.1. The van der Waals surface area contributed by atoms with Crippen LogP contribution in [-0.2, 0) is 9.59 Å². The molecule has 1 rings (SSSR count). The monoisotopic (exact) mass is 269 g/mol. The molecule has 0 aromatic carbocycles. The van der Waals surface area contributed by atoms with Crippen LogP contribution < -0.4 is 11.5 Å². The van der Waals surface area contributed by atoms with Crippen LogP contribution in [0.25, 0.3) is 0 Å². The first-order valence-electron chi connectivity index (χ1n) is 7.20. The van der Waals surface area contributed by atoms with Crippen molar-refractivity contribution in [1.29, 1.82) is 0 Å². The van der Waals surface area contributed by atoms with Crippen LogP contribution in [0.5, 0.6) is 0 Å². The van der Waals surface area contributed by atoms with E-state index in [1.165, 1.54) is 0 Å². The van der Waals surface area contributed by atoms with Gasteiger partial charge in [0.2, 0.25) is 11.8 Å². The Balaban J connectivity index is 2.52. The lowest BCUT2D eigenvalue weighted by Gasteiger charge is -2.29. The lowest BCUT2D eigenvalue weighted by atomic mass is 9.84. The second kappa shape index (κ2) is 7.48. The van der Waals surface area contributed by atoms with Gasteiger partial charge in [-0.1, -0.05) is 20.3 Å². The number of nitrogens with zero attached hydrogens (tertiary/aromatic N) is 1. The maximum atomic E-state index is 12.3. The second-order valence-corrected chi connectivity index (χ2v) is 6.13. The molecule has 5 heteroatoms. The quantitative estimate of drug-likeness (QED) is 0.749. The summed E-state index contributed by atoms with van der Waals surface area (Å²) in [4.78, 5) is 24.9. The Morgan fingerprint density at radius 3 is 2.53 bits per heavy atom. The Labute approximate surface area is 115 Å². The second-order valence-electron chi connectivity index (χ2n) is 6.13. The minimum atomic E-state index is -0.450. The molecule has 110 valence electrons. The van der Waals surface area contributed by atoms with E-state index in [1.807, 2.05) is 13.8 Å². The van der Waals surface area contributed by atoms with E-state index in [0.717, 1.165) is 25.7 Å². The topological polar surface area (TPSA) is 89.4 Å². The zero-order chi connectivity index (χ0) is 14.4. The van der Waals surface area contributed by atoms with Crippen molar-refractivity contribution in [2.24, 2.45) is 23.3 Å². The van der Waals surface area contributed by atoms with Crippen molar-refractivity contribution >= 4 is 11.8 Å². The number of carbonyl (C=O) groups is 2. The molecule has 2 unspecified atom stereocenters. The number of rotatable bonds is 6. The third kappa shape index (κ3) is 6.05. The molecule has 0 bridgehead atoms. The molecule has 0 aliphatic heterocycles. The summed E-state index contributed by atoms with van der Waals surface area (Å²) in [6.45, 7) is 4.66. The van der Waals surface area contributed by atoms with Crippen molar-refractivity contribution in [3.8, 4) is 0 Å². The van der Waals surface area contributed by atoms with Crippen LogP contribution in [0.1, 0.15) is 46.0 Å². The average Bonchev–Trinajstić information content (AvgIpc) is 2.26. The molecule has 2 amide bonds. The smallest absolute Gasteiger partial charge is 0.237 e. The SMILES string of the molecule is CC(C)CN(CC(N)=O)C(=O)CC1CCCC(N)C1. The largest absolute Gasteiger partial charge is 0.368 e. The summed E-state index contributed by atoms with van der Waals surface area (Å²) < 4.78 is 0. The number of carbonyl (C=O) groups excluding carboxylic acids is 2. The normalized spacial score (nSPS) is 23.4. The summed E-state index contributed by atoms with van der Waals surface area (Å²) in [6, 6.07) is 0.223. The molecular weight excluding hydrogens is 242 g/mol. The van der Waals surface area contributed by atoms with Gasteiger partial charge in [0.15, 0.2) is 0 Å². The van der Waals surface area contributed by atoms with E-state index in [4.69, 9.17) is 11.5 Å². The molecule has 4 N–H and O–H groups in total. The lowest BCUT2D eigenvalue weighted by Crippen LogP contribution is -2.42. The van der Waals surface area contributed by atoms with Crippen LogP contribution in [0.15, 0.2) is 0 Å². The van der Waals surface area contributed by atoms with E-state index in [-0.39, 0.29) is 18.5 Å². The van der Waals surface area contributed by atoms with Crippen molar-refractivity contribution in [2.75, 3.05) is 13.1 Å². The van der Waals surface area contributed by atoms with Gasteiger partial charge in [0, 0.05) is 19.0 Å². The molecule has 19 heavy (non-hydrogen) atoms. The van der Waals surface area contributed by atoms with E-state index in [2.05, 4.69) is 0 Å². The van der Waals surface area contributed by atoms with Crippen molar-refractivity contribution in [3.63, 3.8) is 0 Å². The molecule has 0 heterocycles. The summed E-state index contributed by atoms with van der Waals surface area (Å²) in [7, 11) is 0. The van der Waals surface area contributed by atoms with Gasteiger partial charge in [-0.05, 0) is 31.1 Å². The van der Waals surface area contributed by atoms with Gasteiger partial charge >= 0.3 is 0 Å². The average molecular weight is 269 g/mol. The summed E-state index contributed by atoms with van der Waals surface area (Å²) >= 11 is 0. The summed E-state index contributed by atoms with van der Waals surface area (Å²) in [5, 5.41) is 0. The summed E-state index contributed by atoms with van der Waals surface area (Å²) in [5.41, 5.74) is 11.1. The van der Waals surface area contributed by atoms with E-state index < -0.39 is 5.91 Å². The lowest BCUT2D eigenvalue weighted by molar-refractivity contribution is -0.136. The Hall–Kier alpha value is -1.10. The number of hydrogen-bond acceptors (Lipinski definition) is 3. The van der Waals surface area contributed by atoms with Crippen LogP contribution in [0.4, 0.5) is 0 Å². The first-order chi connectivity index (χ1) is 8.88. The van der Waals surface area contributed by atoms with Gasteiger partial charge in [-0.2, -0.15) is 0 Å². The van der Waals surface area contributed by atoms with E-state index in [9.17, 15) is 9.59 Å². The van der Waals surface area contributed by atoms with Gasteiger partial charge in [0.05, 0.1) is 6.54 Å². The first kappa shape index (κ1) is 16.0. The highest BCUT2D eigenvalue weighted by Gasteiger charge is 2.25. The molecule has 0 spiro atoms. The molecule has 5 nitrogen and oxygen atoms in total. The third-order valence-electron chi connectivity index (χ3n) is 3.57. The van der Waals surface area contributed by atoms with Crippen LogP contribution in [0.2, 0.25) is 0 Å². The molecule has 0 aromatic heterocycles. The predicted molar refractivity (Wildman–Crippen MR) is 75.2 cm³/mol. The third-order valence-corrected chi connectivity index (χ3v) is 3.57. The standard InChI is InChI=1S/C14H27N3O2/c1-10(2)8-17(9-13(16)18)14(19)7-11-4-3-5-12(15)6-11/h10-12H,3-9,15H2,1-2H3,(H2,16,18). The minimum Gasteiger partial charge on any atom is -0.368 e. The van der Waals surface area contributed by atoms with E-state index >= 15 is 0 Å². The van der Waals surface area contributed by atoms with Gasteiger partial charge in [0.25, 0.3) is 0 Å². The molecular formula is C14H27N3O2. The van der Waals surface area contributed by atoms with E-state index in [0.29, 0.717) is 24.8 Å². The fourth-order valence-electron chi connectivity index (χ4n) is 2.78. The first-order valence-corrected chi connectivity index (χ1v) is 7.20.